The second-order valence-electron chi connectivity index (χ2n) is 4.05. The smallest absolute Gasteiger partial charge is 0.191 e. The number of hydrogen-bond donors (Lipinski definition) is 2. The second-order valence-corrected chi connectivity index (χ2v) is 4.49. The summed E-state index contributed by atoms with van der Waals surface area (Å²) in [7, 11) is 0. The molecule has 106 valence electrons. The largest absolute Gasteiger partial charge is 0.493 e. The highest BCUT2D eigenvalue weighted by molar-refractivity contribution is 14.0. The highest BCUT2D eigenvalue weighted by Gasteiger charge is 2.07. The van der Waals surface area contributed by atoms with Crippen molar-refractivity contribution in [3.63, 3.8) is 0 Å². The lowest BCUT2D eigenvalue weighted by molar-refractivity contribution is 0.336. The zero-order valence-electron chi connectivity index (χ0n) is 10.9. The standard InChI is InChI=1S/C13H18ClN3O.HI/c1-2-18-12-8-11(14)5-4-10(12)9-17-13-15-6-3-7-16-13;/h4-5,8H,2-3,6-7,9H2,1H3,(H2,15,16,17);1H. The number of nitrogens with zero attached hydrogens (tertiary/aromatic N) is 1. The van der Waals surface area contributed by atoms with E-state index < -0.39 is 0 Å². The van der Waals surface area contributed by atoms with Gasteiger partial charge in [0, 0.05) is 30.2 Å². The van der Waals surface area contributed by atoms with E-state index in [2.05, 4.69) is 15.6 Å². The summed E-state index contributed by atoms with van der Waals surface area (Å²) in [6, 6.07) is 5.69. The fourth-order valence-electron chi connectivity index (χ4n) is 1.79. The molecule has 0 amide bonds. The lowest BCUT2D eigenvalue weighted by atomic mass is 10.2. The molecule has 1 aliphatic rings. The Balaban J connectivity index is 0.00000180. The van der Waals surface area contributed by atoms with Gasteiger partial charge >= 0.3 is 0 Å². The minimum atomic E-state index is 0. The molecule has 1 aromatic rings. The summed E-state index contributed by atoms with van der Waals surface area (Å²) in [5.41, 5.74) is 1.08. The van der Waals surface area contributed by atoms with Gasteiger partial charge in [-0.1, -0.05) is 17.7 Å². The average molecular weight is 396 g/mol. The predicted octanol–water partition coefficient (Wildman–Crippen LogP) is 2.80. The van der Waals surface area contributed by atoms with Gasteiger partial charge in [0.05, 0.1) is 6.61 Å². The quantitative estimate of drug-likeness (QED) is 0.771. The van der Waals surface area contributed by atoms with Gasteiger partial charge in [-0.3, -0.25) is 4.99 Å². The van der Waals surface area contributed by atoms with Crippen LogP contribution in [0.4, 0.5) is 0 Å². The Morgan fingerprint density at radius 1 is 1.47 bits per heavy atom. The molecule has 0 saturated carbocycles. The van der Waals surface area contributed by atoms with Crippen LogP contribution in [0.5, 0.6) is 5.75 Å². The first-order valence-electron chi connectivity index (χ1n) is 6.23. The van der Waals surface area contributed by atoms with Crippen LogP contribution in [0.1, 0.15) is 18.9 Å². The van der Waals surface area contributed by atoms with Crippen LogP contribution in [0.25, 0.3) is 0 Å². The minimum Gasteiger partial charge on any atom is -0.493 e. The summed E-state index contributed by atoms with van der Waals surface area (Å²) in [5.74, 6) is 1.69. The fraction of sp³-hybridized carbons (Fsp3) is 0.462. The van der Waals surface area contributed by atoms with Crippen molar-refractivity contribution in [1.29, 1.82) is 0 Å². The van der Waals surface area contributed by atoms with E-state index >= 15 is 0 Å². The summed E-state index contributed by atoms with van der Waals surface area (Å²) in [6.07, 6.45) is 1.09. The average Bonchev–Trinajstić information content (AvgIpc) is 2.39. The maximum absolute atomic E-state index is 5.96. The van der Waals surface area contributed by atoms with Crippen LogP contribution in [0, 0.1) is 0 Å². The lowest BCUT2D eigenvalue weighted by Gasteiger charge is -2.17. The molecular weight excluding hydrogens is 377 g/mol. The van der Waals surface area contributed by atoms with Gasteiger partial charge < -0.3 is 15.4 Å². The summed E-state index contributed by atoms with van der Waals surface area (Å²) < 4.78 is 5.57. The van der Waals surface area contributed by atoms with Gasteiger partial charge in [-0.05, 0) is 25.5 Å². The van der Waals surface area contributed by atoms with E-state index in [9.17, 15) is 0 Å². The second kappa shape index (κ2) is 8.47. The molecule has 0 saturated heterocycles. The number of aliphatic imine (C=N–C) groups is 1. The summed E-state index contributed by atoms with van der Waals surface area (Å²) in [5, 5.41) is 7.19. The third-order valence-electron chi connectivity index (χ3n) is 2.67. The Morgan fingerprint density at radius 3 is 3.00 bits per heavy atom. The zero-order valence-corrected chi connectivity index (χ0v) is 14.0. The van der Waals surface area contributed by atoms with Crippen molar-refractivity contribution in [3.8, 4) is 5.75 Å². The molecule has 0 radical (unpaired) electrons. The third-order valence-corrected chi connectivity index (χ3v) is 2.91. The first-order chi connectivity index (χ1) is 8.79. The predicted molar refractivity (Wildman–Crippen MR) is 89.8 cm³/mol. The Labute approximate surface area is 136 Å². The van der Waals surface area contributed by atoms with Crippen molar-refractivity contribution in [1.82, 2.24) is 10.6 Å². The number of nitrogens with one attached hydrogen (secondary N) is 2. The molecule has 0 aliphatic carbocycles. The summed E-state index contributed by atoms with van der Waals surface area (Å²) in [6.45, 7) is 5.13. The van der Waals surface area contributed by atoms with Crippen molar-refractivity contribution < 1.29 is 4.74 Å². The van der Waals surface area contributed by atoms with Crippen LogP contribution < -0.4 is 15.4 Å². The maximum Gasteiger partial charge on any atom is 0.191 e. The first kappa shape index (κ1) is 16.4. The molecule has 0 aromatic heterocycles. The topological polar surface area (TPSA) is 45.6 Å². The normalized spacial score (nSPS) is 13.9. The van der Waals surface area contributed by atoms with Gasteiger partial charge in [-0.2, -0.15) is 0 Å². The van der Waals surface area contributed by atoms with E-state index in [0.717, 1.165) is 36.8 Å². The molecule has 0 spiro atoms. The molecule has 0 unspecified atom stereocenters. The van der Waals surface area contributed by atoms with Gasteiger partial charge in [0.25, 0.3) is 0 Å². The van der Waals surface area contributed by atoms with Crippen LogP contribution in [0.3, 0.4) is 0 Å². The number of benzene rings is 1. The molecule has 2 rings (SSSR count). The summed E-state index contributed by atoms with van der Waals surface area (Å²) in [4.78, 5) is 4.37. The molecule has 0 bridgehead atoms. The SMILES string of the molecule is CCOc1cc(Cl)ccc1CNC1=NCCCN1.I. The molecule has 1 heterocycles. The van der Waals surface area contributed by atoms with Crippen molar-refractivity contribution in [2.45, 2.75) is 19.9 Å². The number of rotatable bonds is 4. The molecular formula is C13H19ClIN3O. The first-order valence-corrected chi connectivity index (χ1v) is 6.61. The lowest BCUT2D eigenvalue weighted by Crippen LogP contribution is -2.40. The number of guanidine groups is 1. The maximum atomic E-state index is 5.96. The monoisotopic (exact) mass is 395 g/mol. The van der Waals surface area contributed by atoms with E-state index in [-0.39, 0.29) is 24.0 Å². The van der Waals surface area contributed by atoms with Crippen LogP contribution in [-0.4, -0.2) is 25.7 Å². The van der Waals surface area contributed by atoms with Crippen LogP contribution in [0.15, 0.2) is 23.2 Å². The Kier molecular flexibility index (Phi) is 7.30. The number of hydrogen-bond acceptors (Lipinski definition) is 4. The van der Waals surface area contributed by atoms with Gasteiger partial charge in [-0.25, -0.2) is 0 Å². The van der Waals surface area contributed by atoms with E-state index in [1.54, 1.807) is 0 Å². The van der Waals surface area contributed by atoms with Gasteiger partial charge in [0.2, 0.25) is 0 Å². The van der Waals surface area contributed by atoms with Crippen molar-refractivity contribution in [2.75, 3.05) is 19.7 Å². The van der Waals surface area contributed by atoms with E-state index in [1.807, 2.05) is 25.1 Å². The van der Waals surface area contributed by atoms with Crippen LogP contribution in [-0.2, 0) is 6.54 Å². The molecule has 1 aliphatic heterocycles. The molecule has 1 aromatic carbocycles. The van der Waals surface area contributed by atoms with Crippen molar-refractivity contribution in [3.05, 3.63) is 28.8 Å². The Morgan fingerprint density at radius 2 is 2.32 bits per heavy atom. The van der Waals surface area contributed by atoms with E-state index in [0.29, 0.717) is 18.2 Å². The summed E-state index contributed by atoms with van der Waals surface area (Å²) >= 11 is 5.96. The molecule has 4 nitrogen and oxygen atoms in total. The van der Waals surface area contributed by atoms with Gasteiger partial charge in [0.1, 0.15) is 5.75 Å². The van der Waals surface area contributed by atoms with Crippen molar-refractivity contribution >= 4 is 41.5 Å². The zero-order chi connectivity index (χ0) is 12.8. The van der Waals surface area contributed by atoms with E-state index in [4.69, 9.17) is 16.3 Å². The number of ether oxygens (including phenoxy) is 1. The van der Waals surface area contributed by atoms with Gasteiger partial charge in [0.15, 0.2) is 5.96 Å². The Hall–Kier alpha value is -0.690. The highest BCUT2D eigenvalue weighted by atomic mass is 127. The third kappa shape index (κ3) is 5.06. The minimum absolute atomic E-state index is 0. The van der Waals surface area contributed by atoms with Crippen LogP contribution >= 0.6 is 35.6 Å². The molecule has 19 heavy (non-hydrogen) atoms. The van der Waals surface area contributed by atoms with Gasteiger partial charge in [-0.15, -0.1) is 24.0 Å². The molecule has 2 N–H and O–H groups in total. The molecule has 0 atom stereocenters. The highest BCUT2D eigenvalue weighted by Crippen LogP contribution is 2.23. The number of halogens is 2. The fourth-order valence-corrected chi connectivity index (χ4v) is 1.96. The molecule has 0 fully saturated rings. The van der Waals surface area contributed by atoms with Crippen LogP contribution in [0.2, 0.25) is 5.02 Å². The van der Waals surface area contributed by atoms with E-state index in [1.165, 1.54) is 0 Å². The van der Waals surface area contributed by atoms with Crippen molar-refractivity contribution in [2.24, 2.45) is 4.99 Å². The Bertz CT molecular complexity index is 440. The molecule has 6 heteroatoms.